The number of hydrogen-bond donors (Lipinski definition) is 2. The van der Waals surface area contributed by atoms with E-state index in [9.17, 15) is 19.4 Å². The van der Waals surface area contributed by atoms with Crippen molar-refractivity contribution < 1.29 is 32.9 Å². The number of phosphoric acid groups is 1. The number of aliphatic hydroxyl groups excluding tert-OH is 1. The van der Waals surface area contributed by atoms with E-state index in [0.29, 0.717) is 23.9 Å². The van der Waals surface area contributed by atoms with E-state index in [2.05, 4.69) is 165 Å². The number of phosphoric ester groups is 1. The molecule has 0 aliphatic carbocycles. The molecule has 0 saturated carbocycles. The number of carbonyl (C=O) groups excluding carboxylic acids is 1. The van der Waals surface area contributed by atoms with E-state index < -0.39 is 20.0 Å². The molecule has 3 atom stereocenters. The zero-order valence-electron chi connectivity index (χ0n) is 57.6. The second kappa shape index (κ2) is 67.8. The molecule has 504 valence electrons. The van der Waals surface area contributed by atoms with E-state index in [-0.39, 0.29) is 19.1 Å². The Kier molecular flexibility index (Phi) is 65.0. The molecule has 0 bridgehead atoms. The van der Waals surface area contributed by atoms with Crippen molar-refractivity contribution in [3.05, 3.63) is 146 Å². The number of rotatable bonds is 65. The lowest BCUT2D eigenvalue weighted by Crippen LogP contribution is -2.46. The first kappa shape index (κ1) is 84.4. The maximum absolute atomic E-state index is 13.1. The Morgan fingerprint density at radius 2 is 0.693 bits per heavy atom. The molecule has 0 rings (SSSR count). The molecule has 8 nitrogen and oxygen atoms in total. The molecular weight excluding hydrogens is 1100 g/mol. The quantitative estimate of drug-likeness (QED) is 0.0272. The number of carbonyl (C=O) groups is 1. The molecule has 0 saturated heterocycles. The van der Waals surface area contributed by atoms with Gasteiger partial charge in [-0.3, -0.25) is 9.36 Å². The van der Waals surface area contributed by atoms with Crippen molar-refractivity contribution in [1.82, 2.24) is 5.32 Å². The average Bonchev–Trinajstić information content (AvgIpc) is 3.71. The van der Waals surface area contributed by atoms with Gasteiger partial charge in [-0.15, -0.1) is 0 Å². The van der Waals surface area contributed by atoms with Gasteiger partial charge in [0.15, 0.2) is 0 Å². The molecule has 0 spiro atoms. The van der Waals surface area contributed by atoms with Crippen molar-refractivity contribution in [3.8, 4) is 0 Å². The molecule has 3 unspecified atom stereocenters. The summed E-state index contributed by atoms with van der Waals surface area (Å²) in [6.45, 7) is 4.60. The molecule has 0 aromatic rings. The lowest BCUT2D eigenvalue weighted by atomic mass is 10.0. The highest BCUT2D eigenvalue weighted by atomic mass is 31.2. The molecule has 1 amide bonds. The van der Waals surface area contributed by atoms with E-state index in [1.54, 1.807) is 0 Å². The van der Waals surface area contributed by atoms with Gasteiger partial charge < -0.3 is 28.8 Å². The van der Waals surface area contributed by atoms with Crippen LogP contribution in [-0.4, -0.2) is 68.5 Å². The van der Waals surface area contributed by atoms with Gasteiger partial charge in [0.2, 0.25) is 5.91 Å². The van der Waals surface area contributed by atoms with Gasteiger partial charge in [0.25, 0.3) is 7.82 Å². The standard InChI is InChI=1S/C79H137N2O6P/c1-6-8-10-12-14-16-18-20-22-24-26-28-30-32-33-34-35-36-37-38-39-40-41-42-43-44-45-46-47-49-51-53-55-57-59-61-63-65-67-69-71-73-79(83)80-77(76-87-88(84,85)86-75-74-81(3,4)5)78(82)72-70-68-66-64-62-60-58-56-54-52-50-48-31-29-27-25-23-21-19-17-15-13-11-9-7-2/h8,10,14,16,20,22,26,28,32-33,35-36,38-39,41-42,44-45,47,49,53,55,59,61,77-78,82H,6-7,9,11-13,15,17-19,21,23-25,27,29-31,34,37,40,43,46,48,50-52,54,56-58,60,62-76H2,1-5H3,(H-,80,83,84,85)/b10-8-,16-14-,22-20-,28-26-,33-32-,36-35-,39-38-,42-41-,45-44-,49-47-,55-53-,61-59-. The summed E-state index contributed by atoms with van der Waals surface area (Å²) in [5, 5.41) is 14.1. The van der Waals surface area contributed by atoms with Crippen molar-refractivity contribution in [1.29, 1.82) is 0 Å². The molecule has 9 heteroatoms. The highest BCUT2D eigenvalue weighted by molar-refractivity contribution is 7.45. The zero-order valence-corrected chi connectivity index (χ0v) is 58.5. The molecule has 0 aliphatic heterocycles. The molecule has 0 aromatic carbocycles. The van der Waals surface area contributed by atoms with E-state index in [4.69, 9.17) is 9.05 Å². The molecule has 2 N–H and O–H groups in total. The molecule has 0 aliphatic rings. The predicted molar refractivity (Wildman–Crippen MR) is 385 cm³/mol. The number of quaternary nitrogens is 1. The monoisotopic (exact) mass is 1240 g/mol. The number of likely N-dealkylation sites (N-methyl/N-ethyl adjacent to an activating group) is 1. The second-order valence-corrected chi connectivity index (χ2v) is 26.6. The summed E-state index contributed by atoms with van der Waals surface area (Å²) in [6.07, 6.45) is 104. The van der Waals surface area contributed by atoms with Crippen LogP contribution in [0.15, 0.2) is 146 Å². The third-order valence-corrected chi connectivity index (χ3v) is 16.6. The summed E-state index contributed by atoms with van der Waals surface area (Å²) in [6, 6.07) is -0.827. The Bertz CT molecular complexity index is 1950. The molecular formula is C79H137N2O6P. The van der Waals surface area contributed by atoms with Gasteiger partial charge in [0.05, 0.1) is 39.9 Å². The first-order valence-electron chi connectivity index (χ1n) is 36.2. The largest absolute Gasteiger partial charge is 0.756 e. The Balaban J connectivity index is 4.16. The van der Waals surface area contributed by atoms with E-state index in [0.717, 1.165) is 128 Å². The minimum Gasteiger partial charge on any atom is -0.756 e. The first-order chi connectivity index (χ1) is 43.0. The predicted octanol–water partition coefficient (Wildman–Crippen LogP) is 22.9. The van der Waals surface area contributed by atoms with Gasteiger partial charge in [0.1, 0.15) is 13.2 Å². The Morgan fingerprint density at radius 3 is 1.01 bits per heavy atom. The van der Waals surface area contributed by atoms with Crippen molar-refractivity contribution >= 4 is 13.7 Å². The fraction of sp³-hybridized carbons (Fsp3) is 0.684. The van der Waals surface area contributed by atoms with Crippen LogP contribution in [0.3, 0.4) is 0 Å². The van der Waals surface area contributed by atoms with Crippen LogP contribution in [0.4, 0.5) is 0 Å². The highest BCUT2D eigenvalue weighted by Crippen LogP contribution is 2.38. The molecule has 0 radical (unpaired) electrons. The number of nitrogens with zero attached hydrogens (tertiary/aromatic N) is 1. The highest BCUT2D eigenvalue weighted by Gasteiger charge is 2.24. The summed E-state index contributed by atoms with van der Waals surface area (Å²) in [5.41, 5.74) is 0. The summed E-state index contributed by atoms with van der Waals surface area (Å²) >= 11 is 0. The minimum absolute atomic E-state index is 0.00000643. The van der Waals surface area contributed by atoms with E-state index in [1.807, 2.05) is 21.1 Å². The Morgan fingerprint density at radius 1 is 0.409 bits per heavy atom. The van der Waals surface area contributed by atoms with Crippen LogP contribution in [0.5, 0.6) is 0 Å². The van der Waals surface area contributed by atoms with Crippen LogP contribution in [0.25, 0.3) is 0 Å². The van der Waals surface area contributed by atoms with Crippen LogP contribution in [0.2, 0.25) is 0 Å². The summed E-state index contributed by atoms with van der Waals surface area (Å²) in [4.78, 5) is 25.7. The summed E-state index contributed by atoms with van der Waals surface area (Å²) < 4.78 is 23.5. The van der Waals surface area contributed by atoms with Gasteiger partial charge >= 0.3 is 0 Å². The van der Waals surface area contributed by atoms with Gasteiger partial charge in [-0.1, -0.05) is 333 Å². The van der Waals surface area contributed by atoms with Crippen molar-refractivity contribution in [3.63, 3.8) is 0 Å². The first-order valence-corrected chi connectivity index (χ1v) is 37.6. The van der Waals surface area contributed by atoms with Crippen LogP contribution in [-0.2, 0) is 18.4 Å². The number of unbranched alkanes of at least 4 members (excludes halogenated alkanes) is 28. The molecule has 88 heavy (non-hydrogen) atoms. The SMILES string of the molecule is CC/C=C\C/C=C\C/C=C\C/C=C\C/C=C\C/C=C\C/C=C\C/C=C\C/C=C\C/C=C\C/C=C\C/C=C\CCCCCCC(=O)NC(COP(=O)([O-])OCC[N+](C)(C)C)C(O)CCCCCCCCCCCCCCCCCCCCCCCCCCC. The number of nitrogens with one attached hydrogen (secondary N) is 1. The van der Waals surface area contributed by atoms with E-state index in [1.165, 1.54) is 141 Å². The van der Waals surface area contributed by atoms with Crippen molar-refractivity contribution in [2.75, 3.05) is 40.9 Å². The molecule has 0 fully saturated rings. The lowest BCUT2D eigenvalue weighted by Gasteiger charge is -2.30. The van der Waals surface area contributed by atoms with Crippen LogP contribution < -0.4 is 10.2 Å². The van der Waals surface area contributed by atoms with Crippen LogP contribution >= 0.6 is 7.82 Å². The number of allylic oxidation sites excluding steroid dienone is 24. The maximum atomic E-state index is 13.1. The summed E-state index contributed by atoms with van der Waals surface area (Å²) in [7, 11) is 1.27. The minimum atomic E-state index is -4.60. The third kappa shape index (κ3) is 69.8. The van der Waals surface area contributed by atoms with Gasteiger partial charge in [-0.05, 0) is 103 Å². The average molecular weight is 1240 g/mol. The van der Waals surface area contributed by atoms with Gasteiger partial charge in [-0.25, -0.2) is 0 Å². The van der Waals surface area contributed by atoms with Crippen molar-refractivity contribution in [2.24, 2.45) is 0 Å². The van der Waals surface area contributed by atoms with Crippen molar-refractivity contribution in [2.45, 2.75) is 309 Å². The topological polar surface area (TPSA) is 108 Å². The van der Waals surface area contributed by atoms with Gasteiger partial charge in [-0.2, -0.15) is 0 Å². The third-order valence-electron chi connectivity index (χ3n) is 15.6. The fourth-order valence-corrected chi connectivity index (χ4v) is 10.7. The molecule has 0 heterocycles. The number of hydrogen-bond acceptors (Lipinski definition) is 6. The van der Waals surface area contributed by atoms with Crippen LogP contribution in [0, 0.1) is 0 Å². The zero-order chi connectivity index (χ0) is 64.1. The lowest BCUT2D eigenvalue weighted by molar-refractivity contribution is -0.870. The number of amides is 1. The molecule has 0 aromatic heterocycles. The number of aliphatic hydroxyl groups is 1. The maximum Gasteiger partial charge on any atom is 0.268 e. The normalized spacial score (nSPS) is 14.5. The van der Waals surface area contributed by atoms with Crippen LogP contribution in [0.1, 0.15) is 296 Å². The Hall–Kier alpha value is -3.62. The Labute approximate surface area is 544 Å². The summed E-state index contributed by atoms with van der Waals surface area (Å²) in [5.74, 6) is -0.191. The van der Waals surface area contributed by atoms with E-state index >= 15 is 0 Å². The second-order valence-electron chi connectivity index (χ2n) is 25.2. The smallest absolute Gasteiger partial charge is 0.268 e. The van der Waals surface area contributed by atoms with Gasteiger partial charge in [0, 0.05) is 6.42 Å². The fourth-order valence-electron chi connectivity index (χ4n) is 10.0.